The maximum atomic E-state index is 5.63. The fourth-order valence-electron chi connectivity index (χ4n) is 1.39. The first kappa shape index (κ1) is 14.2. The van der Waals surface area contributed by atoms with E-state index in [0.717, 1.165) is 11.5 Å². The van der Waals surface area contributed by atoms with Gasteiger partial charge in [-0.2, -0.15) is 0 Å². The van der Waals surface area contributed by atoms with Gasteiger partial charge in [0.15, 0.2) is 0 Å². The Kier molecular flexibility index (Phi) is 6.88. The van der Waals surface area contributed by atoms with E-state index < -0.39 is 0 Å². The molecular formula is C12H21NO4. The van der Waals surface area contributed by atoms with Crippen LogP contribution in [0.3, 0.4) is 0 Å². The standard InChI is InChI=1S/C12H21NO4/c1-10-3-4-11(17-10)12(9-13)16-8-7-15-6-5-14-2/h3-4,12H,5-9,13H2,1-2H3. The van der Waals surface area contributed by atoms with Crippen LogP contribution in [0.2, 0.25) is 0 Å². The molecule has 17 heavy (non-hydrogen) atoms. The summed E-state index contributed by atoms with van der Waals surface area (Å²) in [5.74, 6) is 1.63. The van der Waals surface area contributed by atoms with Gasteiger partial charge in [0.1, 0.15) is 17.6 Å². The van der Waals surface area contributed by atoms with Crippen LogP contribution in [-0.4, -0.2) is 40.1 Å². The van der Waals surface area contributed by atoms with Crippen molar-refractivity contribution in [3.63, 3.8) is 0 Å². The largest absolute Gasteiger partial charge is 0.464 e. The summed E-state index contributed by atoms with van der Waals surface area (Å²) in [6.07, 6.45) is -0.199. The lowest BCUT2D eigenvalue weighted by atomic mass is 10.3. The summed E-state index contributed by atoms with van der Waals surface area (Å²) in [5, 5.41) is 0. The Morgan fingerprint density at radius 3 is 2.59 bits per heavy atom. The van der Waals surface area contributed by atoms with Crippen molar-refractivity contribution < 1.29 is 18.6 Å². The third kappa shape index (κ3) is 5.32. The minimum atomic E-state index is -0.199. The fraction of sp³-hybridized carbons (Fsp3) is 0.667. The lowest BCUT2D eigenvalue weighted by molar-refractivity contribution is -0.0111. The topological polar surface area (TPSA) is 66.8 Å². The highest BCUT2D eigenvalue weighted by atomic mass is 16.5. The monoisotopic (exact) mass is 243 g/mol. The lowest BCUT2D eigenvalue weighted by Gasteiger charge is -2.13. The van der Waals surface area contributed by atoms with Gasteiger partial charge in [0.05, 0.1) is 26.4 Å². The molecule has 5 nitrogen and oxygen atoms in total. The third-order valence-electron chi connectivity index (χ3n) is 2.27. The number of methoxy groups -OCH3 is 1. The van der Waals surface area contributed by atoms with Gasteiger partial charge in [-0.15, -0.1) is 0 Å². The third-order valence-corrected chi connectivity index (χ3v) is 2.27. The maximum absolute atomic E-state index is 5.63. The molecule has 0 radical (unpaired) electrons. The molecule has 0 saturated heterocycles. The van der Waals surface area contributed by atoms with Gasteiger partial charge < -0.3 is 24.4 Å². The molecule has 1 aromatic heterocycles. The summed E-state index contributed by atoms with van der Waals surface area (Å²) in [7, 11) is 1.64. The first-order chi connectivity index (χ1) is 8.27. The molecule has 0 aliphatic carbocycles. The number of furan rings is 1. The van der Waals surface area contributed by atoms with Crippen LogP contribution in [0.5, 0.6) is 0 Å². The summed E-state index contributed by atoms with van der Waals surface area (Å²) in [5.41, 5.74) is 5.63. The molecule has 0 fully saturated rings. The first-order valence-electron chi connectivity index (χ1n) is 5.72. The molecule has 1 rings (SSSR count). The van der Waals surface area contributed by atoms with Crippen LogP contribution in [0.1, 0.15) is 17.6 Å². The normalized spacial score (nSPS) is 12.9. The zero-order valence-corrected chi connectivity index (χ0v) is 10.5. The zero-order chi connectivity index (χ0) is 12.5. The Morgan fingerprint density at radius 1 is 1.24 bits per heavy atom. The van der Waals surface area contributed by atoms with Crippen molar-refractivity contribution in [1.29, 1.82) is 0 Å². The van der Waals surface area contributed by atoms with Gasteiger partial charge in [-0.1, -0.05) is 0 Å². The van der Waals surface area contributed by atoms with Crippen LogP contribution >= 0.6 is 0 Å². The molecule has 0 aliphatic heterocycles. The predicted molar refractivity (Wildman–Crippen MR) is 63.9 cm³/mol. The number of nitrogens with two attached hydrogens (primary N) is 1. The van der Waals surface area contributed by atoms with Crippen molar-refractivity contribution in [1.82, 2.24) is 0 Å². The predicted octanol–water partition coefficient (Wildman–Crippen LogP) is 1.27. The molecule has 0 saturated carbocycles. The minimum Gasteiger partial charge on any atom is -0.464 e. The van der Waals surface area contributed by atoms with Crippen LogP contribution < -0.4 is 5.73 Å². The SMILES string of the molecule is COCCOCCOC(CN)c1ccc(C)o1. The van der Waals surface area contributed by atoms with E-state index in [9.17, 15) is 0 Å². The minimum absolute atomic E-state index is 0.199. The summed E-state index contributed by atoms with van der Waals surface area (Å²) in [4.78, 5) is 0. The summed E-state index contributed by atoms with van der Waals surface area (Å²) in [6, 6.07) is 3.79. The zero-order valence-electron chi connectivity index (χ0n) is 10.5. The number of hydrogen-bond acceptors (Lipinski definition) is 5. The Labute approximate surface area is 102 Å². The average Bonchev–Trinajstić information content (AvgIpc) is 2.75. The molecule has 1 atom stereocenters. The second kappa shape index (κ2) is 8.25. The van der Waals surface area contributed by atoms with Gasteiger partial charge in [-0.25, -0.2) is 0 Å². The number of rotatable bonds is 9. The van der Waals surface area contributed by atoms with Crippen LogP contribution in [0, 0.1) is 6.92 Å². The Morgan fingerprint density at radius 2 is 2.00 bits per heavy atom. The van der Waals surface area contributed by atoms with E-state index >= 15 is 0 Å². The van der Waals surface area contributed by atoms with E-state index in [-0.39, 0.29) is 6.10 Å². The number of aryl methyl sites for hydroxylation is 1. The number of ether oxygens (including phenoxy) is 3. The molecule has 1 unspecified atom stereocenters. The Hall–Kier alpha value is -0.880. The van der Waals surface area contributed by atoms with Crippen molar-refractivity contribution in [2.45, 2.75) is 13.0 Å². The molecule has 0 spiro atoms. The van der Waals surface area contributed by atoms with E-state index in [4.69, 9.17) is 24.4 Å². The van der Waals surface area contributed by atoms with Crippen molar-refractivity contribution in [2.75, 3.05) is 40.1 Å². The molecular weight excluding hydrogens is 222 g/mol. The highest BCUT2D eigenvalue weighted by molar-refractivity contribution is 5.08. The smallest absolute Gasteiger partial charge is 0.134 e. The van der Waals surface area contributed by atoms with Gasteiger partial charge in [0.2, 0.25) is 0 Å². The Bertz CT molecular complexity index is 300. The Balaban J connectivity index is 2.19. The van der Waals surface area contributed by atoms with Crippen LogP contribution in [0.4, 0.5) is 0 Å². The highest BCUT2D eigenvalue weighted by Crippen LogP contribution is 2.18. The molecule has 1 aromatic rings. The lowest BCUT2D eigenvalue weighted by Crippen LogP contribution is -2.18. The molecule has 2 N–H and O–H groups in total. The van der Waals surface area contributed by atoms with Gasteiger partial charge in [-0.3, -0.25) is 0 Å². The van der Waals surface area contributed by atoms with E-state index in [1.54, 1.807) is 7.11 Å². The number of hydrogen-bond donors (Lipinski definition) is 1. The van der Waals surface area contributed by atoms with Crippen molar-refractivity contribution in [3.8, 4) is 0 Å². The van der Waals surface area contributed by atoms with E-state index in [1.807, 2.05) is 19.1 Å². The quantitative estimate of drug-likeness (QED) is 0.661. The van der Waals surface area contributed by atoms with E-state index in [1.165, 1.54) is 0 Å². The summed E-state index contributed by atoms with van der Waals surface area (Å²) >= 11 is 0. The molecule has 0 aromatic carbocycles. The first-order valence-corrected chi connectivity index (χ1v) is 5.72. The van der Waals surface area contributed by atoms with Gasteiger partial charge in [-0.05, 0) is 19.1 Å². The van der Waals surface area contributed by atoms with Gasteiger partial charge in [0, 0.05) is 13.7 Å². The van der Waals surface area contributed by atoms with Crippen LogP contribution in [0.15, 0.2) is 16.5 Å². The molecule has 98 valence electrons. The van der Waals surface area contributed by atoms with Gasteiger partial charge >= 0.3 is 0 Å². The summed E-state index contributed by atoms with van der Waals surface area (Å²) < 4.78 is 21.2. The molecule has 1 heterocycles. The molecule has 0 bridgehead atoms. The van der Waals surface area contributed by atoms with E-state index in [0.29, 0.717) is 33.0 Å². The highest BCUT2D eigenvalue weighted by Gasteiger charge is 2.13. The molecule has 0 aliphatic rings. The average molecular weight is 243 g/mol. The van der Waals surface area contributed by atoms with Crippen LogP contribution in [-0.2, 0) is 14.2 Å². The van der Waals surface area contributed by atoms with Gasteiger partial charge in [0.25, 0.3) is 0 Å². The summed E-state index contributed by atoms with van der Waals surface area (Å²) in [6.45, 7) is 4.48. The second-order valence-electron chi connectivity index (χ2n) is 3.65. The maximum Gasteiger partial charge on any atom is 0.134 e. The van der Waals surface area contributed by atoms with Crippen molar-refractivity contribution in [3.05, 3.63) is 23.7 Å². The van der Waals surface area contributed by atoms with E-state index in [2.05, 4.69) is 0 Å². The fourth-order valence-corrected chi connectivity index (χ4v) is 1.39. The second-order valence-corrected chi connectivity index (χ2v) is 3.65. The van der Waals surface area contributed by atoms with Crippen molar-refractivity contribution in [2.24, 2.45) is 5.73 Å². The molecule has 0 amide bonds. The van der Waals surface area contributed by atoms with Crippen LogP contribution in [0.25, 0.3) is 0 Å². The molecule has 5 heteroatoms. The van der Waals surface area contributed by atoms with Crippen molar-refractivity contribution >= 4 is 0 Å².